The number of nitrogens with zero attached hydrogens (tertiary/aromatic N) is 1. The number of hydrogen-bond donors (Lipinski definition) is 2. The summed E-state index contributed by atoms with van der Waals surface area (Å²) in [4.78, 5) is 16.1. The van der Waals surface area contributed by atoms with Crippen LogP contribution in [0.1, 0.15) is 40.0 Å². The molecular weight excluding hydrogens is 425 g/mol. The lowest BCUT2D eigenvalue weighted by molar-refractivity contribution is 0.0955. The smallest absolute Gasteiger partial charge is 0.271 e. The van der Waals surface area contributed by atoms with Gasteiger partial charge in [0, 0.05) is 27.7 Å². The van der Waals surface area contributed by atoms with Gasteiger partial charge in [-0.15, -0.1) is 0 Å². The Bertz CT molecular complexity index is 1150. The Morgan fingerprint density at radius 3 is 2.67 bits per heavy atom. The summed E-state index contributed by atoms with van der Waals surface area (Å²) in [5, 5.41) is 5.71. The van der Waals surface area contributed by atoms with Gasteiger partial charge in [-0.25, -0.2) is 5.43 Å². The van der Waals surface area contributed by atoms with Crippen LogP contribution in [-0.4, -0.2) is 31.3 Å². The van der Waals surface area contributed by atoms with Crippen molar-refractivity contribution in [3.05, 3.63) is 56.7 Å². The number of methoxy groups -OCH3 is 2. The number of aromatic nitrogens is 1. The van der Waals surface area contributed by atoms with Crippen LogP contribution in [0.25, 0.3) is 10.9 Å². The highest BCUT2D eigenvalue weighted by atomic mass is 35.5. The molecular formula is C22H21Cl2N3O3. The number of carbonyl (C=O) groups is 1. The molecule has 1 amide bonds. The maximum absolute atomic E-state index is 12.6. The Morgan fingerprint density at radius 1 is 1.13 bits per heavy atom. The fourth-order valence-electron chi connectivity index (χ4n) is 3.86. The summed E-state index contributed by atoms with van der Waals surface area (Å²) >= 11 is 12.5. The number of fused-ring (bicyclic) bond motifs is 3. The van der Waals surface area contributed by atoms with Crippen molar-refractivity contribution in [3.63, 3.8) is 0 Å². The quantitative estimate of drug-likeness (QED) is 0.421. The van der Waals surface area contributed by atoms with Gasteiger partial charge in [0.2, 0.25) is 0 Å². The summed E-state index contributed by atoms with van der Waals surface area (Å²) < 4.78 is 10.5. The van der Waals surface area contributed by atoms with Crippen molar-refractivity contribution in [3.8, 4) is 11.5 Å². The minimum Gasteiger partial charge on any atom is -0.494 e. The molecule has 3 aromatic rings. The zero-order valence-electron chi connectivity index (χ0n) is 16.6. The molecule has 0 atom stereocenters. The minimum atomic E-state index is -0.302. The van der Waals surface area contributed by atoms with Crippen molar-refractivity contribution >= 4 is 46.2 Å². The molecule has 4 rings (SSSR count). The van der Waals surface area contributed by atoms with Crippen molar-refractivity contribution in [2.45, 2.75) is 25.7 Å². The molecule has 30 heavy (non-hydrogen) atoms. The van der Waals surface area contributed by atoms with E-state index < -0.39 is 0 Å². The fourth-order valence-corrected chi connectivity index (χ4v) is 4.57. The zero-order valence-corrected chi connectivity index (χ0v) is 18.2. The molecule has 1 aromatic heterocycles. The van der Waals surface area contributed by atoms with Crippen molar-refractivity contribution in [1.29, 1.82) is 0 Å². The van der Waals surface area contributed by atoms with Crippen LogP contribution in [0, 0.1) is 0 Å². The Morgan fingerprint density at radius 2 is 1.90 bits per heavy atom. The highest BCUT2D eigenvalue weighted by Crippen LogP contribution is 2.41. The molecule has 6 nitrogen and oxygen atoms in total. The normalized spacial score (nSPS) is 13.5. The first-order valence-corrected chi connectivity index (χ1v) is 10.4. The number of aromatic amines is 1. The van der Waals surface area contributed by atoms with E-state index in [-0.39, 0.29) is 10.9 Å². The Labute approximate surface area is 184 Å². The van der Waals surface area contributed by atoms with Crippen LogP contribution in [0.15, 0.2) is 29.4 Å². The molecule has 0 radical (unpaired) electrons. The van der Waals surface area contributed by atoms with Crippen LogP contribution in [0.4, 0.5) is 0 Å². The summed E-state index contributed by atoms with van der Waals surface area (Å²) in [6, 6.07) is 7.26. The monoisotopic (exact) mass is 445 g/mol. The van der Waals surface area contributed by atoms with Gasteiger partial charge in [-0.2, -0.15) is 5.10 Å². The maximum atomic E-state index is 12.6. The first-order chi connectivity index (χ1) is 14.5. The second-order valence-electron chi connectivity index (χ2n) is 7.08. The molecule has 0 aliphatic heterocycles. The number of nitrogens with one attached hydrogen (secondary N) is 2. The number of benzene rings is 2. The Balaban J connectivity index is 1.56. The van der Waals surface area contributed by atoms with Crippen LogP contribution >= 0.6 is 23.2 Å². The van der Waals surface area contributed by atoms with E-state index in [1.807, 2.05) is 12.1 Å². The average molecular weight is 446 g/mol. The Kier molecular flexibility index (Phi) is 5.88. The van der Waals surface area contributed by atoms with Crippen LogP contribution in [0.5, 0.6) is 11.5 Å². The number of carbonyl (C=O) groups excluding carboxylic acids is 1. The SMILES string of the molecule is COc1c(Cl)cc(/C=N\NC(=O)c2ccc3[nH]c4c(c3c2)CCCC4)c(OC)c1Cl. The molecule has 0 saturated heterocycles. The van der Waals surface area contributed by atoms with E-state index in [9.17, 15) is 4.79 Å². The molecule has 8 heteroatoms. The highest BCUT2D eigenvalue weighted by Gasteiger charge is 2.18. The van der Waals surface area contributed by atoms with E-state index >= 15 is 0 Å². The Hall–Kier alpha value is -2.70. The van der Waals surface area contributed by atoms with E-state index in [4.69, 9.17) is 32.7 Å². The summed E-state index contributed by atoms with van der Waals surface area (Å²) in [6.45, 7) is 0. The average Bonchev–Trinajstić information content (AvgIpc) is 3.12. The first kappa shape index (κ1) is 20.6. The molecule has 0 saturated carbocycles. The predicted octanol–water partition coefficient (Wildman–Crippen LogP) is 5.13. The third-order valence-electron chi connectivity index (χ3n) is 5.30. The van der Waals surface area contributed by atoms with Gasteiger partial charge in [-0.05, 0) is 55.5 Å². The molecule has 0 bridgehead atoms. The molecule has 1 aliphatic carbocycles. The third-order valence-corrected chi connectivity index (χ3v) is 5.92. The van der Waals surface area contributed by atoms with Crippen molar-refractivity contribution < 1.29 is 14.3 Å². The summed E-state index contributed by atoms with van der Waals surface area (Å²) in [5.74, 6) is 0.374. The molecule has 156 valence electrons. The van der Waals surface area contributed by atoms with Gasteiger partial charge < -0.3 is 14.5 Å². The lowest BCUT2D eigenvalue weighted by Gasteiger charge is -2.12. The summed E-state index contributed by atoms with van der Waals surface area (Å²) in [6.07, 6.45) is 5.91. The van der Waals surface area contributed by atoms with Crippen molar-refractivity contribution in [2.75, 3.05) is 14.2 Å². The largest absolute Gasteiger partial charge is 0.494 e. The number of hydrazone groups is 1. The van der Waals surface area contributed by atoms with E-state index in [0.29, 0.717) is 27.6 Å². The highest BCUT2D eigenvalue weighted by molar-refractivity contribution is 6.38. The van der Waals surface area contributed by atoms with Gasteiger partial charge in [0.1, 0.15) is 10.8 Å². The number of H-pyrrole nitrogens is 1. The van der Waals surface area contributed by atoms with Crippen molar-refractivity contribution in [2.24, 2.45) is 5.10 Å². The van der Waals surface area contributed by atoms with Gasteiger partial charge in [0.15, 0.2) is 5.75 Å². The molecule has 0 unspecified atom stereocenters. The van der Waals surface area contributed by atoms with E-state index in [0.717, 1.165) is 23.7 Å². The molecule has 1 aliphatic rings. The van der Waals surface area contributed by atoms with Crippen LogP contribution in [0.2, 0.25) is 10.0 Å². The van der Waals surface area contributed by atoms with Gasteiger partial charge >= 0.3 is 0 Å². The first-order valence-electron chi connectivity index (χ1n) is 9.60. The van der Waals surface area contributed by atoms with E-state index in [1.54, 1.807) is 12.1 Å². The number of halogens is 2. The predicted molar refractivity (Wildman–Crippen MR) is 120 cm³/mol. The minimum absolute atomic E-state index is 0.239. The zero-order chi connectivity index (χ0) is 21.3. The molecule has 2 aromatic carbocycles. The molecule has 0 fully saturated rings. The second-order valence-corrected chi connectivity index (χ2v) is 7.86. The van der Waals surface area contributed by atoms with Gasteiger partial charge in [-0.1, -0.05) is 23.2 Å². The number of hydrogen-bond acceptors (Lipinski definition) is 4. The summed E-state index contributed by atoms with van der Waals surface area (Å²) in [7, 11) is 2.95. The standard InChI is InChI=1S/C22H21Cl2N3O3/c1-29-20-13(10-16(23)21(30-2)19(20)24)11-25-27-22(28)12-7-8-18-15(9-12)14-5-3-4-6-17(14)26-18/h7-11,26H,3-6H2,1-2H3,(H,27,28)/b25-11-. The van der Waals surface area contributed by atoms with Gasteiger partial charge in [0.25, 0.3) is 5.91 Å². The number of amides is 1. The van der Waals surface area contributed by atoms with Crippen LogP contribution in [0.3, 0.4) is 0 Å². The number of aryl methyl sites for hydroxylation is 2. The topological polar surface area (TPSA) is 75.7 Å². The van der Waals surface area contributed by atoms with E-state index in [2.05, 4.69) is 15.5 Å². The lowest BCUT2D eigenvalue weighted by atomic mass is 9.95. The molecule has 2 N–H and O–H groups in total. The molecule has 0 spiro atoms. The van der Waals surface area contributed by atoms with Crippen LogP contribution < -0.4 is 14.9 Å². The summed E-state index contributed by atoms with van der Waals surface area (Å²) in [5.41, 5.74) is 7.28. The van der Waals surface area contributed by atoms with Crippen LogP contribution in [-0.2, 0) is 12.8 Å². The van der Waals surface area contributed by atoms with Gasteiger partial charge in [-0.3, -0.25) is 4.79 Å². The third kappa shape index (κ3) is 3.73. The van der Waals surface area contributed by atoms with E-state index in [1.165, 1.54) is 44.5 Å². The maximum Gasteiger partial charge on any atom is 0.271 e. The molecule has 1 heterocycles. The fraction of sp³-hybridized carbons (Fsp3) is 0.273. The number of rotatable bonds is 5. The number of ether oxygens (including phenoxy) is 2. The van der Waals surface area contributed by atoms with Crippen molar-refractivity contribution in [1.82, 2.24) is 10.4 Å². The second kappa shape index (κ2) is 8.58. The van der Waals surface area contributed by atoms with Gasteiger partial charge in [0.05, 0.1) is 25.5 Å². The lowest BCUT2D eigenvalue weighted by Crippen LogP contribution is -2.17.